The van der Waals surface area contributed by atoms with Crippen molar-refractivity contribution in [1.29, 1.82) is 0 Å². The first-order valence-corrected chi connectivity index (χ1v) is 14.9. The van der Waals surface area contributed by atoms with Crippen LogP contribution in [0.2, 0.25) is 0 Å². The molecule has 0 spiro atoms. The number of carbonyl (C=O) groups is 4. The number of carbonyl (C=O) groups excluding carboxylic acids is 3. The summed E-state index contributed by atoms with van der Waals surface area (Å²) in [5, 5.41) is 9.96. The van der Waals surface area contributed by atoms with Crippen LogP contribution in [0.3, 0.4) is 0 Å². The number of hydrazine groups is 1. The fourth-order valence-corrected chi connectivity index (χ4v) is 5.09. The standard InChI is InChI=1S/C35H32FN5O6/c1-35(2,3)47-34(46)40-39-31(42)25-19-29(38-28-15-16-37-20-26(25)28)23-11-8-21(9-12-23)7-10-22-13-14-24(18-27(22)36)32(43)41-17-5-4-6-30(41)33(44)45/h8-9,11-16,18-20,30H,4-6,17H2,1-3H3,(H,39,42)(H,40,46)(H,44,45). The molecule has 2 aromatic heterocycles. The number of amides is 3. The number of piperidine rings is 1. The van der Waals surface area contributed by atoms with Gasteiger partial charge in [-0.1, -0.05) is 24.0 Å². The molecule has 0 aliphatic carbocycles. The van der Waals surface area contributed by atoms with Gasteiger partial charge in [0.2, 0.25) is 0 Å². The highest BCUT2D eigenvalue weighted by atomic mass is 19.1. The molecule has 0 radical (unpaired) electrons. The first-order valence-electron chi connectivity index (χ1n) is 14.9. The number of hydrogen-bond donors (Lipinski definition) is 3. The highest BCUT2D eigenvalue weighted by Crippen LogP contribution is 2.25. The predicted molar refractivity (Wildman–Crippen MR) is 171 cm³/mol. The zero-order valence-electron chi connectivity index (χ0n) is 26.0. The number of aromatic nitrogens is 2. The number of rotatable bonds is 4. The molecule has 1 unspecified atom stereocenters. The van der Waals surface area contributed by atoms with Gasteiger partial charge in [-0.15, -0.1) is 0 Å². The number of halogens is 1. The molecule has 1 aliphatic rings. The van der Waals surface area contributed by atoms with Crippen molar-refractivity contribution in [3.05, 3.63) is 95.1 Å². The molecule has 11 nitrogen and oxygen atoms in total. The summed E-state index contributed by atoms with van der Waals surface area (Å²) in [6.07, 6.45) is 4.03. The molecule has 1 atom stereocenters. The summed E-state index contributed by atoms with van der Waals surface area (Å²) in [5.74, 6) is 2.82. The summed E-state index contributed by atoms with van der Waals surface area (Å²) in [4.78, 5) is 59.7. The lowest BCUT2D eigenvalue weighted by Gasteiger charge is -2.33. The third-order valence-corrected chi connectivity index (χ3v) is 7.32. The number of ether oxygens (including phenoxy) is 1. The van der Waals surface area contributed by atoms with E-state index in [-0.39, 0.29) is 16.7 Å². The minimum Gasteiger partial charge on any atom is -0.480 e. The molecule has 1 saturated heterocycles. The number of aliphatic carboxylic acids is 1. The number of hydrogen-bond acceptors (Lipinski definition) is 7. The van der Waals surface area contributed by atoms with Gasteiger partial charge in [-0.05, 0) is 82.5 Å². The Balaban J connectivity index is 1.32. The lowest BCUT2D eigenvalue weighted by molar-refractivity contribution is -0.143. The lowest BCUT2D eigenvalue weighted by Crippen LogP contribution is -2.48. The summed E-state index contributed by atoms with van der Waals surface area (Å²) in [6.45, 7) is 5.42. The van der Waals surface area contributed by atoms with Crippen molar-refractivity contribution in [2.24, 2.45) is 0 Å². The second kappa shape index (κ2) is 13.7. The molecule has 3 heterocycles. The molecular weight excluding hydrogens is 605 g/mol. The smallest absolute Gasteiger partial charge is 0.426 e. The average Bonchev–Trinajstić information content (AvgIpc) is 3.05. The second-order valence-corrected chi connectivity index (χ2v) is 11.9. The SMILES string of the molecule is CC(C)(C)OC(=O)NNC(=O)c1cc(-c2ccc(C#Cc3ccc(C(=O)N4CCCCC4C(=O)O)cc3F)cc2)nc2ccncc12. The molecule has 0 saturated carbocycles. The van der Waals surface area contributed by atoms with Crippen molar-refractivity contribution in [3.63, 3.8) is 0 Å². The van der Waals surface area contributed by atoms with Crippen LogP contribution in [0, 0.1) is 17.7 Å². The van der Waals surface area contributed by atoms with Crippen LogP contribution in [0.15, 0.2) is 67.0 Å². The van der Waals surface area contributed by atoms with Crippen LogP contribution in [-0.4, -0.2) is 62.0 Å². The highest BCUT2D eigenvalue weighted by Gasteiger charge is 2.32. The van der Waals surface area contributed by atoms with Crippen molar-refractivity contribution in [3.8, 4) is 23.1 Å². The molecule has 47 heavy (non-hydrogen) atoms. The van der Waals surface area contributed by atoms with E-state index in [4.69, 9.17) is 4.74 Å². The van der Waals surface area contributed by atoms with Crippen LogP contribution >= 0.6 is 0 Å². The van der Waals surface area contributed by atoms with E-state index >= 15 is 0 Å². The van der Waals surface area contributed by atoms with Gasteiger partial charge in [0.15, 0.2) is 0 Å². The fraction of sp³-hybridized carbons (Fsp3) is 0.257. The Kier molecular flexibility index (Phi) is 9.46. The summed E-state index contributed by atoms with van der Waals surface area (Å²) < 4.78 is 20.1. The van der Waals surface area contributed by atoms with Crippen molar-refractivity contribution in [2.75, 3.05) is 6.54 Å². The Labute approximate surface area is 270 Å². The van der Waals surface area contributed by atoms with Gasteiger partial charge < -0.3 is 14.7 Å². The maximum absolute atomic E-state index is 15.0. The molecule has 3 N–H and O–H groups in total. The van der Waals surface area contributed by atoms with Crippen LogP contribution in [0.25, 0.3) is 22.2 Å². The van der Waals surface area contributed by atoms with Gasteiger partial charge in [-0.2, -0.15) is 0 Å². The van der Waals surface area contributed by atoms with E-state index in [0.717, 1.165) is 6.07 Å². The van der Waals surface area contributed by atoms with Gasteiger partial charge in [-0.25, -0.2) is 24.4 Å². The van der Waals surface area contributed by atoms with Gasteiger partial charge in [0.25, 0.3) is 11.8 Å². The number of nitrogens with zero attached hydrogens (tertiary/aromatic N) is 3. The molecule has 3 amide bonds. The molecule has 0 bridgehead atoms. The molecule has 5 rings (SSSR count). The molecule has 1 fully saturated rings. The monoisotopic (exact) mass is 637 g/mol. The van der Waals surface area contributed by atoms with Crippen LogP contribution in [0.4, 0.5) is 9.18 Å². The Morgan fingerprint density at radius 3 is 2.47 bits per heavy atom. The Morgan fingerprint density at radius 2 is 1.77 bits per heavy atom. The summed E-state index contributed by atoms with van der Waals surface area (Å²) in [5.41, 5.74) is 6.49. The van der Waals surface area contributed by atoms with Crippen LogP contribution in [-0.2, 0) is 9.53 Å². The summed E-state index contributed by atoms with van der Waals surface area (Å²) in [6, 6.07) is 13.2. The van der Waals surface area contributed by atoms with Gasteiger partial charge in [-0.3, -0.25) is 20.0 Å². The number of pyridine rings is 2. The number of carboxylic acids is 1. The zero-order chi connectivity index (χ0) is 33.7. The minimum absolute atomic E-state index is 0.0675. The molecule has 12 heteroatoms. The van der Waals surface area contributed by atoms with E-state index in [9.17, 15) is 28.7 Å². The molecular formula is C35H32FN5O6. The Morgan fingerprint density at radius 1 is 1.00 bits per heavy atom. The Hall–Kier alpha value is -5.83. The van der Waals surface area contributed by atoms with Crippen LogP contribution in [0.5, 0.6) is 0 Å². The number of carboxylic acid groups (broad SMARTS) is 1. The van der Waals surface area contributed by atoms with Crippen molar-refractivity contribution in [2.45, 2.75) is 51.7 Å². The normalized spacial score (nSPS) is 14.5. The highest BCUT2D eigenvalue weighted by molar-refractivity contribution is 6.07. The van der Waals surface area contributed by atoms with Gasteiger partial charge in [0.05, 0.1) is 22.3 Å². The number of fused-ring (bicyclic) bond motifs is 1. The average molecular weight is 638 g/mol. The van der Waals surface area contributed by atoms with Gasteiger partial charge in [0, 0.05) is 41.0 Å². The molecule has 1 aliphatic heterocycles. The number of nitrogens with one attached hydrogen (secondary N) is 2. The maximum atomic E-state index is 15.0. The minimum atomic E-state index is -1.07. The van der Waals surface area contributed by atoms with Crippen molar-refractivity contribution in [1.82, 2.24) is 25.7 Å². The third kappa shape index (κ3) is 7.88. The largest absolute Gasteiger partial charge is 0.480 e. The number of likely N-dealkylation sites (tertiary alicyclic amines) is 1. The quantitative estimate of drug-likeness (QED) is 0.207. The topological polar surface area (TPSA) is 151 Å². The van der Waals surface area contributed by atoms with Gasteiger partial charge >= 0.3 is 12.1 Å². The van der Waals surface area contributed by atoms with Crippen molar-refractivity contribution >= 4 is 34.8 Å². The maximum Gasteiger partial charge on any atom is 0.426 e. The summed E-state index contributed by atoms with van der Waals surface area (Å²) in [7, 11) is 0. The number of benzene rings is 2. The van der Waals surface area contributed by atoms with E-state index in [0.29, 0.717) is 53.5 Å². The predicted octanol–water partition coefficient (Wildman–Crippen LogP) is 5.08. The van der Waals surface area contributed by atoms with E-state index < -0.39 is 41.3 Å². The first kappa shape index (κ1) is 32.6. The fourth-order valence-electron chi connectivity index (χ4n) is 5.09. The van der Waals surface area contributed by atoms with Crippen LogP contribution in [0.1, 0.15) is 71.9 Å². The molecule has 240 valence electrons. The third-order valence-electron chi connectivity index (χ3n) is 7.32. The van der Waals surface area contributed by atoms with E-state index in [1.165, 1.54) is 23.2 Å². The summed E-state index contributed by atoms with van der Waals surface area (Å²) >= 11 is 0. The van der Waals surface area contributed by atoms with Crippen molar-refractivity contribution < 1.29 is 33.4 Å². The Bertz CT molecular complexity index is 1930. The zero-order valence-corrected chi connectivity index (χ0v) is 26.0. The van der Waals surface area contributed by atoms with E-state index in [2.05, 4.69) is 32.7 Å². The lowest BCUT2D eigenvalue weighted by atomic mass is 10.0. The van der Waals surface area contributed by atoms with Crippen LogP contribution < -0.4 is 10.9 Å². The molecule has 4 aromatic rings. The van der Waals surface area contributed by atoms with E-state index in [1.54, 1.807) is 63.4 Å². The van der Waals surface area contributed by atoms with Gasteiger partial charge in [0.1, 0.15) is 17.5 Å². The first-order chi connectivity index (χ1) is 22.4. The second-order valence-electron chi connectivity index (χ2n) is 11.9. The van der Waals surface area contributed by atoms with E-state index in [1.807, 2.05) is 0 Å². The molecule has 2 aromatic carbocycles.